The van der Waals surface area contributed by atoms with Gasteiger partial charge in [0.15, 0.2) is 5.65 Å². The van der Waals surface area contributed by atoms with Crippen LogP contribution in [-0.4, -0.2) is 46.9 Å². The maximum absolute atomic E-state index is 6.05. The molecule has 0 atom stereocenters. The van der Waals surface area contributed by atoms with E-state index in [4.69, 9.17) is 21.4 Å². The first kappa shape index (κ1) is 19.4. The predicted octanol–water partition coefficient (Wildman–Crippen LogP) is 5.07. The van der Waals surface area contributed by atoms with Gasteiger partial charge in [-0.2, -0.15) is 5.10 Å². The van der Waals surface area contributed by atoms with E-state index in [1.807, 2.05) is 65.3 Å². The van der Waals surface area contributed by atoms with Crippen molar-refractivity contribution in [1.29, 1.82) is 0 Å². The zero-order chi connectivity index (χ0) is 20.2. The molecule has 0 fully saturated rings. The first-order chi connectivity index (χ1) is 14.1. The molecule has 2 heterocycles. The highest BCUT2D eigenvalue weighted by Gasteiger charge is 2.14. The van der Waals surface area contributed by atoms with Crippen LogP contribution in [0, 0.1) is 0 Å². The molecule has 0 amide bonds. The summed E-state index contributed by atoms with van der Waals surface area (Å²) in [7, 11) is 4.13. The van der Waals surface area contributed by atoms with Crippen molar-refractivity contribution in [3.05, 3.63) is 71.9 Å². The Kier molecular flexibility index (Phi) is 5.79. The van der Waals surface area contributed by atoms with Gasteiger partial charge in [0.25, 0.3) is 0 Å². The fourth-order valence-electron chi connectivity index (χ4n) is 3.23. The van der Waals surface area contributed by atoms with E-state index in [9.17, 15) is 0 Å². The number of halogens is 1. The SMILES string of the molecule is CN(C)CCCOc1cccc(-n2nc(-c3ccc(Cl)cc3)c3cccnc32)c1. The Hall–Kier alpha value is -2.89. The number of pyridine rings is 1. The number of hydrogen-bond donors (Lipinski definition) is 0. The first-order valence-electron chi connectivity index (χ1n) is 9.59. The predicted molar refractivity (Wildman–Crippen MR) is 118 cm³/mol. The third-order valence-electron chi connectivity index (χ3n) is 4.64. The highest BCUT2D eigenvalue weighted by molar-refractivity contribution is 6.30. The molecule has 29 heavy (non-hydrogen) atoms. The minimum absolute atomic E-state index is 0.676. The molecule has 0 aliphatic carbocycles. The fourth-order valence-corrected chi connectivity index (χ4v) is 3.35. The quantitative estimate of drug-likeness (QED) is 0.402. The van der Waals surface area contributed by atoms with Crippen molar-refractivity contribution in [3.63, 3.8) is 0 Å². The largest absolute Gasteiger partial charge is 0.493 e. The van der Waals surface area contributed by atoms with E-state index < -0.39 is 0 Å². The highest BCUT2D eigenvalue weighted by atomic mass is 35.5. The van der Waals surface area contributed by atoms with E-state index >= 15 is 0 Å². The monoisotopic (exact) mass is 406 g/mol. The molecule has 148 valence electrons. The molecule has 0 aliphatic rings. The Morgan fingerprint density at radius 2 is 1.86 bits per heavy atom. The Bertz CT molecular complexity index is 1110. The smallest absolute Gasteiger partial charge is 0.163 e. The fraction of sp³-hybridized carbons (Fsp3) is 0.217. The van der Waals surface area contributed by atoms with Crippen molar-refractivity contribution in [3.8, 4) is 22.7 Å². The standard InChI is InChI=1S/C23H23ClN4O/c1-27(2)14-5-15-29-20-7-3-6-19(16-20)28-23-21(8-4-13-25-23)22(26-28)17-9-11-18(24)12-10-17/h3-4,6-13,16H,5,14-15H2,1-2H3. The number of rotatable bonds is 7. The van der Waals surface area contributed by atoms with Crippen molar-refractivity contribution in [2.75, 3.05) is 27.2 Å². The zero-order valence-electron chi connectivity index (χ0n) is 16.5. The summed E-state index contributed by atoms with van der Waals surface area (Å²) >= 11 is 6.05. The van der Waals surface area contributed by atoms with Crippen LogP contribution >= 0.6 is 11.6 Å². The summed E-state index contributed by atoms with van der Waals surface area (Å²) in [5.41, 5.74) is 3.60. The summed E-state index contributed by atoms with van der Waals surface area (Å²) in [6, 6.07) is 19.6. The van der Waals surface area contributed by atoms with Gasteiger partial charge in [0, 0.05) is 34.8 Å². The van der Waals surface area contributed by atoms with Gasteiger partial charge < -0.3 is 9.64 Å². The third-order valence-corrected chi connectivity index (χ3v) is 4.89. The number of aromatic nitrogens is 3. The van der Waals surface area contributed by atoms with Crippen LogP contribution in [0.25, 0.3) is 28.0 Å². The van der Waals surface area contributed by atoms with Gasteiger partial charge in [0.2, 0.25) is 0 Å². The third kappa shape index (κ3) is 4.42. The number of nitrogens with zero attached hydrogens (tertiary/aromatic N) is 4. The number of hydrogen-bond acceptors (Lipinski definition) is 4. The van der Waals surface area contributed by atoms with Crippen LogP contribution in [0.5, 0.6) is 5.75 Å². The zero-order valence-corrected chi connectivity index (χ0v) is 17.3. The van der Waals surface area contributed by atoms with Gasteiger partial charge in [0.05, 0.1) is 12.3 Å². The summed E-state index contributed by atoms with van der Waals surface area (Å²) < 4.78 is 7.80. The van der Waals surface area contributed by atoms with Gasteiger partial charge in [-0.25, -0.2) is 9.67 Å². The van der Waals surface area contributed by atoms with Gasteiger partial charge in [0.1, 0.15) is 11.4 Å². The Morgan fingerprint density at radius 1 is 1.03 bits per heavy atom. The first-order valence-corrected chi connectivity index (χ1v) is 9.97. The molecule has 2 aromatic heterocycles. The van der Waals surface area contributed by atoms with Crippen molar-refractivity contribution in [2.24, 2.45) is 0 Å². The van der Waals surface area contributed by atoms with Crippen LogP contribution in [0.15, 0.2) is 66.9 Å². The van der Waals surface area contributed by atoms with Crippen LogP contribution in [-0.2, 0) is 0 Å². The molecule has 6 heteroatoms. The number of ether oxygens (including phenoxy) is 1. The summed E-state index contributed by atoms with van der Waals surface area (Å²) in [6.07, 6.45) is 2.76. The van der Waals surface area contributed by atoms with Gasteiger partial charge in [-0.15, -0.1) is 0 Å². The van der Waals surface area contributed by atoms with Gasteiger partial charge in [-0.05, 0) is 56.9 Å². The summed E-state index contributed by atoms with van der Waals surface area (Å²) in [5, 5.41) is 6.57. The average Bonchev–Trinajstić information content (AvgIpc) is 3.12. The Balaban J connectivity index is 1.68. The maximum atomic E-state index is 6.05. The molecule has 0 unspecified atom stereocenters. The van der Waals surface area contributed by atoms with E-state index in [0.717, 1.165) is 46.7 Å². The van der Waals surface area contributed by atoms with Crippen molar-refractivity contribution in [1.82, 2.24) is 19.7 Å². The van der Waals surface area contributed by atoms with Crippen LogP contribution < -0.4 is 4.74 Å². The molecule has 5 nitrogen and oxygen atoms in total. The lowest BCUT2D eigenvalue weighted by Gasteiger charge is -2.11. The van der Waals surface area contributed by atoms with Crippen LogP contribution in [0.4, 0.5) is 0 Å². The van der Waals surface area contributed by atoms with E-state index in [0.29, 0.717) is 11.6 Å². The lowest BCUT2D eigenvalue weighted by Crippen LogP contribution is -2.15. The van der Waals surface area contributed by atoms with E-state index in [1.54, 1.807) is 6.20 Å². The summed E-state index contributed by atoms with van der Waals surface area (Å²) in [5.74, 6) is 0.828. The minimum atomic E-state index is 0.676. The van der Waals surface area contributed by atoms with Crippen LogP contribution in [0.3, 0.4) is 0 Å². The Morgan fingerprint density at radius 3 is 2.66 bits per heavy atom. The minimum Gasteiger partial charge on any atom is -0.493 e. The van der Waals surface area contributed by atoms with Gasteiger partial charge in [-0.3, -0.25) is 0 Å². The van der Waals surface area contributed by atoms with Crippen LogP contribution in [0.1, 0.15) is 6.42 Å². The second kappa shape index (κ2) is 8.64. The van der Waals surface area contributed by atoms with Crippen molar-refractivity contribution < 1.29 is 4.74 Å². The molecule has 0 bridgehead atoms. The molecule has 0 radical (unpaired) electrons. The average molecular weight is 407 g/mol. The molecular formula is C23H23ClN4O. The molecule has 2 aromatic carbocycles. The topological polar surface area (TPSA) is 43.2 Å². The lowest BCUT2D eigenvalue weighted by atomic mass is 10.1. The number of benzene rings is 2. The maximum Gasteiger partial charge on any atom is 0.163 e. The summed E-state index contributed by atoms with van der Waals surface area (Å²) in [4.78, 5) is 6.73. The van der Waals surface area contributed by atoms with E-state index in [2.05, 4.69) is 24.0 Å². The molecule has 4 rings (SSSR count). The molecular weight excluding hydrogens is 384 g/mol. The highest BCUT2D eigenvalue weighted by Crippen LogP contribution is 2.30. The second-order valence-electron chi connectivity index (χ2n) is 7.14. The van der Waals surface area contributed by atoms with E-state index in [1.165, 1.54) is 0 Å². The molecule has 4 aromatic rings. The number of fused-ring (bicyclic) bond motifs is 1. The van der Waals surface area contributed by atoms with Gasteiger partial charge in [-0.1, -0.05) is 29.8 Å². The molecule has 0 saturated heterocycles. The van der Waals surface area contributed by atoms with Crippen LogP contribution in [0.2, 0.25) is 5.02 Å². The van der Waals surface area contributed by atoms with Gasteiger partial charge >= 0.3 is 0 Å². The Labute approximate surface area is 175 Å². The molecule has 0 N–H and O–H groups in total. The normalized spacial score (nSPS) is 11.3. The molecule has 0 saturated carbocycles. The van der Waals surface area contributed by atoms with E-state index in [-0.39, 0.29) is 0 Å². The second-order valence-corrected chi connectivity index (χ2v) is 7.58. The van der Waals surface area contributed by atoms with Crippen molar-refractivity contribution in [2.45, 2.75) is 6.42 Å². The van der Waals surface area contributed by atoms with Crippen molar-refractivity contribution >= 4 is 22.6 Å². The summed E-state index contributed by atoms with van der Waals surface area (Å²) in [6.45, 7) is 1.67. The molecule has 0 spiro atoms. The molecule has 0 aliphatic heterocycles. The lowest BCUT2D eigenvalue weighted by molar-refractivity contribution is 0.281.